The van der Waals surface area contributed by atoms with Crippen LogP contribution in [0.1, 0.15) is 33.6 Å². The molecule has 126 valence electrons. The largest absolute Gasteiger partial charge is 0.380 e. The Kier molecular flexibility index (Phi) is 6.98. The molecule has 1 aromatic rings. The number of hydrogen-bond acceptors (Lipinski definition) is 2. The molecule has 0 bridgehead atoms. The molecule has 1 aromatic carbocycles. The van der Waals surface area contributed by atoms with Gasteiger partial charge in [-0.1, -0.05) is 44.2 Å². The molecule has 0 amide bonds. The van der Waals surface area contributed by atoms with Crippen LogP contribution >= 0.6 is 0 Å². The van der Waals surface area contributed by atoms with E-state index in [9.17, 15) is 0 Å². The van der Waals surface area contributed by atoms with Gasteiger partial charge in [0, 0.05) is 24.3 Å². The summed E-state index contributed by atoms with van der Waals surface area (Å²) >= 11 is 0. The number of nitrogens with one attached hydrogen (secondary N) is 3. The van der Waals surface area contributed by atoms with Gasteiger partial charge in [-0.2, -0.15) is 0 Å². The molecule has 0 aromatic heterocycles. The van der Waals surface area contributed by atoms with Gasteiger partial charge in [0.05, 0.1) is 6.54 Å². The summed E-state index contributed by atoms with van der Waals surface area (Å²) in [6, 6.07) is 11.2. The van der Waals surface area contributed by atoms with Gasteiger partial charge in [0.2, 0.25) is 0 Å². The average molecular weight is 314 g/mol. The minimum atomic E-state index is 0.314. The van der Waals surface area contributed by atoms with Gasteiger partial charge in [-0.25, -0.2) is 0 Å². The molecule has 0 heterocycles. The molecule has 1 aliphatic carbocycles. The van der Waals surface area contributed by atoms with E-state index in [-0.39, 0.29) is 0 Å². The van der Waals surface area contributed by atoms with Crippen molar-refractivity contribution in [3.8, 4) is 0 Å². The Morgan fingerprint density at radius 2 is 1.87 bits per heavy atom. The number of nitrogens with zero attached hydrogens (tertiary/aromatic N) is 1. The topological polar surface area (TPSA) is 48.5 Å². The van der Waals surface area contributed by atoms with Crippen molar-refractivity contribution in [2.24, 2.45) is 10.9 Å². The summed E-state index contributed by atoms with van der Waals surface area (Å²) in [5.41, 5.74) is 1.15. The van der Waals surface area contributed by atoms with Gasteiger partial charge in [-0.05, 0) is 37.8 Å². The van der Waals surface area contributed by atoms with Gasteiger partial charge >= 0.3 is 0 Å². The predicted molar refractivity (Wildman–Crippen MR) is 100.0 cm³/mol. The standard InChI is InChI=1S/C19H30N4/c1-4-20-19(23-17-12-8-9-13-17)21-14-18(15(2)3)22-16-10-6-5-7-11-16/h5-11,15,17-18,22H,4,12-14H2,1-3H3,(H2,20,21,23). The van der Waals surface area contributed by atoms with Crippen LogP contribution in [0.15, 0.2) is 47.5 Å². The van der Waals surface area contributed by atoms with Gasteiger partial charge in [0.25, 0.3) is 0 Å². The Morgan fingerprint density at radius 3 is 2.48 bits per heavy atom. The van der Waals surface area contributed by atoms with Crippen LogP contribution in [0.4, 0.5) is 5.69 Å². The maximum Gasteiger partial charge on any atom is 0.191 e. The summed E-state index contributed by atoms with van der Waals surface area (Å²) in [6.07, 6.45) is 6.63. The van der Waals surface area contributed by atoms with Crippen LogP contribution in [-0.2, 0) is 0 Å². The van der Waals surface area contributed by atoms with Crippen molar-refractivity contribution < 1.29 is 0 Å². The molecule has 23 heavy (non-hydrogen) atoms. The third-order valence-corrected chi connectivity index (χ3v) is 4.07. The number of hydrogen-bond donors (Lipinski definition) is 3. The lowest BCUT2D eigenvalue weighted by atomic mass is 10.0. The molecule has 0 spiro atoms. The van der Waals surface area contributed by atoms with Crippen LogP contribution in [0.3, 0.4) is 0 Å². The monoisotopic (exact) mass is 314 g/mol. The van der Waals surface area contributed by atoms with Crippen molar-refractivity contribution in [1.82, 2.24) is 10.6 Å². The molecule has 1 aliphatic rings. The van der Waals surface area contributed by atoms with E-state index in [0.29, 0.717) is 18.0 Å². The second kappa shape index (κ2) is 9.23. The zero-order chi connectivity index (χ0) is 16.5. The van der Waals surface area contributed by atoms with Crippen molar-refractivity contribution >= 4 is 11.6 Å². The molecule has 3 N–H and O–H groups in total. The number of anilines is 1. The normalized spacial score (nSPS) is 16.6. The van der Waals surface area contributed by atoms with Crippen LogP contribution < -0.4 is 16.0 Å². The van der Waals surface area contributed by atoms with Crippen molar-refractivity contribution in [2.45, 2.75) is 45.7 Å². The summed E-state index contributed by atoms with van der Waals surface area (Å²) in [7, 11) is 0. The fourth-order valence-corrected chi connectivity index (χ4v) is 2.61. The first kappa shape index (κ1) is 17.4. The third-order valence-electron chi connectivity index (χ3n) is 4.07. The van der Waals surface area contributed by atoms with Crippen LogP contribution in [0.5, 0.6) is 0 Å². The highest BCUT2D eigenvalue weighted by Gasteiger charge is 2.15. The number of guanidine groups is 1. The van der Waals surface area contributed by atoms with E-state index >= 15 is 0 Å². The van der Waals surface area contributed by atoms with Gasteiger partial charge < -0.3 is 16.0 Å². The molecule has 1 atom stereocenters. The lowest BCUT2D eigenvalue weighted by Crippen LogP contribution is -2.43. The van der Waals surface area contributed by atoms with E-state index < -0.39 is 0 Å². The maximum atomic E-state index is 4.80. The highest BCUT2D eigenvalue weighted by atomic mass is 15.2. The molecule has 0 saturated carbocycles. The average Bonchev–Trinajstić information content (AvgIpc) is 3.05. The van der Waals surface area contributed by atoms with E-state index in [1.165, 1.54) is 0 Å². The van der Waals surface area contributed by atoms with Crippen molar-refractivity contribution in [3.05, 3.63) is 42.5 Å². The van der Waals surface area contributed by atoms with E-state index in [0.717, 1.165) is 37.6 Å². The minimum Gasteiger partial charge on any atom is -0.380 e. The zero-order valence-electron chi connectivity index (χ0n) is 14.5. The van der Waals surface area contributed by atoms with Gasteiger partial charge in [-0.15, -0.1) is 0 Å². The molecular formula is C19H30N4. The molecular weight excluding hydrogens is 284 g/mol. The van der Waals surface area contributed by atoms with Crippen LogP contribution in [0.2, 0.25) is 0 Å². The molecule has 4 heteroatoms. The summed E-state index contributed by atoms with van der Waals surface area (Å²) in [5, 5.41) is 10.5. The molecule has 0 saturated heterocycles. The van der Waals surface area contributed by atoms with Crippen LogP contribution in [0.25, 0.3) is 0 Å². The lowest BCUT2D eigenvalue weighted by molar-refractivity contribution is 0.529. The number of para-hydroxylation sites is 1. The Balaban J connectivity index is 1.95. The molecule has 1 unspecified atom stereocenters. The first-order chi connectivity index (χ1) is 11.2. The van der Waals surface area contributed by atoms with Crippen molar-refractivity contribution in [2.75, 3.05) is 18.4 Å². The van der Waals surface area contributed by atoms with Crippen LogP contribution in [0, 0.1) is 5.92 Å². The number of rotatable bonds is 7. The smallest absolute Gasteiger partial charge is 0.191 e. The van der Waals surface area contributed by atoms with Gasteiger partial charge in [0.15, 0.2) is 5.96 Å². The third kappa shape index (κ3) is 5.97. The van der Waals surface area contributed by atoms with Gasteiger partial charge in [0.1, 0.15) is 0 Å². The second-order valence-electron chi connectivity index (χ2n) is 6.36. The lowest BCUT2D eigenvalue weighted by Gasteiger charge is -2.23. The van der Waals surface area contributed by atoms with Crippen LogP contribution in [-0.4, -0.2) is 31.1 Å². The van der Waals surface area contributed by atoms with Gasteiger partial charge in [-0.3, -0.25) is 4.99 Å². The SMILES string of the molecule is CCNC(=NCC(Nc1ccccc1)C(C)C)NC1CC=CC1. The van der Waals surface area contributed by atoms with Crippen molar-refractivity contribution in [3.63, 3.8) is 0 Å². The molecule has 0 fully saturated rings. The first-order valence-electron chi connectivity index (χ1n) is 8.70. The minimum absolute atomic E-state index is 0.314. The fourth-order valence-electron chi connectivity index (χ4n) is 2.61. The summed E-state index contributed by atoms with van der Waals surface area (Å²) in [5.74, 6) is 1.43. The Bertz CT molecular complexity index is 499. The Morgan fingerprint density at radius 1 is 1.17 bits per heavy atom. The summed E-state index contributed by atoms with van der Waals surface area (Å²) < 4.78 is 0. The highest BCUT2D eigenvalue weighted by molar-refractivity contribution is 5.80. The second-order valence-corrected chi connectivity index (χ2v) is 6.36. The number of benzene rings is 1. The quantitative estimate of drug-likeness (QED) is 0.411. The van der Waals surface area contributed by atoms with E-state index in [1.54, 1.807) is 0 Å². The molecule has 4 nitrogen and oxygen atoms in total. The number of aliphatic imine (C=N–C) groups is 1. The highest BCUT2D eigenvalue weighted by Crippen LogP contribution is 2.13. The Labute approximate surface area is 140 Å². The van der Waals surface area contributed by atoms with E-state index in [4.69, 9.17) is 4.99 Å². The van der Waals surface area contributed by atoms with E-state index in [1.807, 2.05) is 6.07 Å². The molecule has 2 rings (SSSR count). The Hall–Kier alpha value is -1.97. The van der Waals surface area contributed by atoms with E-state index in [2.05, 4.69) is 73.1 Å². The molecule has 0 radical (unpaired) electrons. The maximum absolute atomic E-state index is 4.80. The zero-order valence-corrected chi connectivity index (χ0v) is 14.5. The predicted octanol–water partition coefficient (Wildman–Crippen LogP) is 3.40. The first-order valence-corrected chi connectivity index (χ1v) is 8.70. The summed E-state index contributed by atoms with van der Waals surface area (Å²) in [6.45, 7) is 8.20. The fraction of sp³-hybridized carbons (Fsp3) is 0.526. The molecule has 0 aliphatic heterocycles. The van der Waals surface area contributed by atoms with Crippen molar-refractivity contribution in [1.29, 1.82) is 0 Å². The summed E-state index contributed by atoms with van der Waals surface area (Å²) in [4.78, 5) is 4.80.